The highest BCUT2D eigenvalue weighted by molar-refractivity contribution is 6.18. The molecular weight excluding hydrogens is 224 g/mol. The smallest absolute Gasteiger partial charge is 0.228 e. The van der Waals surface area contributed by atoms with Crippen molar-refractivity contribution >= 4 is 17.5 Å². The topological polar surface area (TPSA) is 23.6 Å². The lowest BCUT2D eigenvalue weighted by Gasteiger charge is -2.38. The number of piperazine rings is 1. The molecule has 1 aliphatic rings. The molecule has 0 aromatic carbocycles. The minimum atomic E-state index is -0.214. The second-order valence-corrected chi connectivity index (χ2v) is 5.44. The lowest BCUT2D eigenvalue weighted by atomic mass is 9.88. The van der Waals surface area contributed by atoms with Gasteiger partial charge in [-0.25, -0.2) is 0 Å². The van der Waals surface area contributed by atoms with Gasteiger partial charge >= 0.3 is 0 Å². The molecular formula is C12H23ClN2O. The van der Waals surface area contributed by atoms with Gasteiger partial charge in [-0.1, -0.05) is 20.8 Å². The van der Waals surface area contributed by atoms with Gasteiger partial charge in [-0.2, -0.15) is 0 Å². The molecule has 0 atom stereocenters. The number of rotatable bonds is 4. The first kappa shape index (κ1) is 13.8. The summed E-state index contributed by atoms with van der Waals surface area (Å²) in [5, 5.41) is 0. The third-order valence-corrected chi connectivity index (χ3v) is 3.69. The Balaban J connectivity index is 2.45. The number of carbonyl (C=O) groups excluding carboxylic acids is 1. The average Bonchev–Trinajstić information content (AvgIpc) is 2.29. The quantitative estimate of drug-likeness (QED) is 0.707. The molecule has 0 aromatic heterocycles. The van der Waals surface area contributed by atoms with Crippen LogP contribution in [-0.4, -0.2) is 54.3 Å². The van der Waals surface area contributed by atoms with Crippen LogP contribution in [0.4, 0.5) is 0 Å². The SMILES string of the molecule is CCC(C)(C)C(=O)N1CCN(CCCl)CC1. The van der Waals surface area contributed by atoms with Gasteiger partial charge in [0.25, 0.3) is 0 Å². The first-order chi connectivity index (χ1) is 7.51. The summed E-state index contributed by atoms with van der Waals surface area (Å²) in [6.07, 6.45) is 0.897. The summed E-state index contributed by atoms with van der Waals surface area (Å²) in [7, 11) is 0. The second kappa shape index (κ2) is 5.87. The van der Waals surface area contributed by atoms with Crippen LogP contribution >= 0.6 is 11.6 Å². The van der Waals surface area contributed by atoms with Crippen molar-refractivity contribution in [2.24, 2.45) is 5.41 Å². The molecule has 0 aromatic rings. The van der Waals surface area contributed by atoms with Gasteiger partial charge in [-0.3, -0.25) is 9.69 Å². The fourth-order valence-corrected chi connectivity index (χ4v) is 2.11. The van der Waals surface area contributed by atoms with Gasteiger partial charge in [0.15, 0.2) is 0 Å². The van der Waals surface area contributed by atoms with Crippen molar-refractivity contribution in [3.63, 3.8) is 0 Å². The van der Waals surface area contributed by atoms with E-state index in [0.717, 1.165) is 39.1 Å². The maximum atomic E-state index is 12.2. The van der Waals surface area contributed by atoms with E-state index in [2.05, 4.69) is 11.8 Å². The minimum Gasteiger partial charge on any atom is -0.340 e. The first-order valence-electron chi connectivity index (χ1n) is 6.09. The summed E-state index contributed by atoms with van der Waals surface area (Å²) >= 11 is 5.71. The van der Waals surface area contributed by atoms with Gasteiger partial charge < -0.3 is 4.90 Å². The van der Waals surface area contributed by atoms with Gasteiger partial charge in [-0.15, -0.1) is 11.6 Å². The predicted molar refractivity (Wildman–Crippen MR) is 67.8 cm³/mol. The van der Waals surface area contributed by atoms with Crippen LogP contribution in [0.15, 0.2) is 0 Å². The zero-order chi connectivity index (χ0) is 12.2. The van der Waals surface area contributed by atoms with Gasteiger partial charge in [0.2, 0.25) is 5.91 Å². The number of halogens is 1. The van der Waals surface area contributed by atoms with E-state index >= 15 is 0 Å². The van der Waals surface area contributed by atoms with E-state index in [1.165, 1.54) is 0 Å². The third-order valence-electron chi connectivity index (χ3n) is 3.52. The molecule has 0 bridgehead atoms. The molecule has 1 rings (SSSR count). The van der Waals surface area contributed by atoms with Crippen LogP contribution in [0.2, 0.25) is 0 Å². The summed E-state index contributed by atoms with van der Waals surface area (Å²) in [5.74, 6) is 0.967. The zero-order valence-electron chi connectivity index (χ0n) is 10.6. The van der Waals surface area contributed by atoms with Crippen LogP contribution in [0.5, 0.6) is 0 Å². The largest absolute Gasteiger partial charge is 0.340 e. The molecule has 1 fully saturated rings. The van der Waals surface area contributed by atoms with E-state index in [0.29, 0.717) is 11.8 Å². The lowest BCUT2D eigenvalue weighted by molar-refractivity contribution is -0.142. The van der Waals surface area contributed by atoms with Crippen LogP contribution in [-0.2, 0) is 4.79 Å². The fraction of sp³-hybridized carbons (Fsp3) is 0.917. The molecule has 0 spiro atoms. The van der Waals surface area contributed by atoms with Gasteiger partial charge in [0, 0.05) is 44.0 Å². The number of carbonyl (C=O) groups is 1. The van der Waals surface area contributed by atoms with E-state index in [-0.39, 0.29) is 5.41 Å². The van der Waals surface area contributed by atoms with Crippen LogP contribution in [0.25, 0.3) is 0 Å². The average molecular weight is 247 g/mol. The molecule has 3 nitrogen and oxygen atoms in total. The van der Waals surface area contributed by atoms with Crippen molar-refractivity contribution < 1.29 is 4.79 Å². The minimum absolute atomic E-state index is 0.214. The second-order valence-electron chi connectivity index (χ2n) is 5.06. The first-order valence-corrected chi connectivity index (χ1v) is 6.62. The van der Waals surface area contributed by atoms with Crippen molar-refractivity contribution in [2.75, 3.05) is 38.6 Å². The maximum Gasteiger partial charge on any atom is 0.228 e. The molecule has 94 valence electrons. The Bertz CT molecular complexity index is 235. The number of alkyl halides is 1. The standard InChI is InChI=1S/C12H23ClN2O/c1-4-12(2,3)11(16)15-9-7-14(6-5-13)8-10-15/h4-10H2,1-3H3. The summed E-state index contributed by atoms with van der Waals surface area (Å²) in [6, 6.07) is 0. The van der Waals surface area contributed by atoms with Gasteiger partial charge in [0.1, 0.15) is 0 Å². The molecule has 0 aliphatic carbocycles. The van der Waals surface area contributed by atoms with Crippen molar-refractivity contribution in [3.05, 3.63) is 0 Å². The molecule has 16 heavy (non-hydrogen) atoms. The van der Waals surface area contributed by atoms with Gasteiger partial charge in [0.05, 0.1) is 0 Å². The Morgan fingerprint density at radius 1 is 1.25 bits per heavy atom. The zero-order valence-corrected chi connectivity index (χ0v) is 11.4. The van der Waals surface area contributed by atoms with Crippen molar-refractivity contribution in [3.8, 4) is 0 Å². The van der Waals surface area contributed by atoms with E-state index in [9.17, 15) is 4.79 Å². The highest BCUT2D eigenvalue weighted by Crippen LogP contribution is 2.23. The Labute approximate surface area is 104 Å². The molecule has 0 N–H and O–H groups in total. The summed E-state index contributed by atoms with van der Waals surface area (Å²) in [5.41, 5.74) is -0.214. The number of hydrogen-bond donors (Lipinski definition) is 0. The van der Waals surface area contributed by atoms with Crippen molar-refractivity contribution in [1.82, 2.24) is 9.80 Å². The Hall–Kier alpha value is -0.280. The van der Waals surface area contributed by atoms with E-state index in [1.54, 1.807) is 0 Å². The molecule has 0 saturated carbocycles. The number of hydrogen-bond acceptors (Lipinski definition) is 2. The number of amides is 1. The van der Waals surface area contributed by atoms with E-state index in [4.69, 9.17) is 11.6 Å². The highest BCUT2D eigenvalue weighted by Gasteiger charge is 2.31. The summed E-state index contributed by atoms with van der Waals surface area (Å²) in [6.45, 7) is 10.7. The third kappa shape index (κ3) is 3.36. The maximum absolute atomic E-state index is 12.2. The Kier molecular flexibility index (Phi) is 5.06. The van der Waals surface area contributed by atoms with E-state index in [1.807, 2.05) is 18.7 Å². The van der Waals surface area contributed by atoms with Crippen LogP contribution in [0, 0.1) is 5.41 Å². The predicted octanol–water partition coefficient (Wildman–Crippen LogP) is 1.81. The molecule has 1 amide bonds. The summed E-state index contributed by atoms with van der Waals surface area (Å²) in [4.78, 5) is 16.5. The Morgan fingerprint density at radius 3 is 2.25 bits per heavy atom. The van der Waals surface area contributed by atoms with Crippen LogP contribution < -0.4 is 0 Å². The molecule has 1 aliphatic heterocycles. The molecule has 0 radical (unpaired) electrons. The Morgan fingerprint density at radius 2 is 1.81 bits per heavy atom. The van der Waals surface area contributed by atoms with Gasteiger partial charge in [-0.05, 0) is 6.42 Å². The normalized spacial score (nSPS) is 18.9. The molecule has 1 heterocycles. The van der Waals surface area contributed by atoms with Crippen LogP contribution in [0.3, 0.4) is 0 Å². The fourth-order valence-electron chi connectivity index (χ4n) is 1.87. The highest BCUT2D eigenvalue weighted by atomic mass is 35.5. The molecule has 4 heteroatoms. The van der Waals surface area contributed by atoms with Crippen LogP contribution in [0.1, 0.15) is 27.2 Å². The van der Waals surface area contributed by atoms with Crippen molar-refractivity contribution in [2.45, 2.75) is 27.2 Å². The molecule has 0 unspecified atom stereocenters. The number of nitrogens with zero attached hydrogens (tertiary/aromatic N) is 2. The molecule has 1 saturated heterocycles. The lowest BCUT2D eigenvalue weighted by Crippen LogP contribution is -2.52. The summed E-state index contributed by atoms with van der Waals surface area (Å²) < 4.78 is 0. The van der Waals surface area contributed by atoms with Crippen molar-refractivity contribution in [1.29, 1.82) is 0 Å². The monoisotopic (exact) mass is 246 g/mol. The van der Waals surface area contributed by atoms with E-state index < -0.39 is 0 Å².